The number of methoxy groups -OCH3 is 1. The van der Waals surface area contributed by atoms with Gasteiger partial charge in [0.25, 0.3) is 0 Å². The summed E-state index contributed by atoms with van der Waals surface area (Å²) < 4.78 is 4.88. The van der Waals surface area contributed by atoms with Crippen molar-refractivity contribution in [3.05, 3.63) is 0 Å². The average molecular weight is 273 g/mol. The van der Waals surface area contributed by atoms with Gasteiger partial charge in [0.15, 0.2) is 5.17 Å². The summed E-state index contributed by atoms with van der Waals surface area (Å²) in [5.41, 5.74) is 0. The van der Waals surface area contributed by atoms with Crippen molar-refractivity contribution < 1.29 is 9.53 Å². The summed E-state index contributed by atoms with van der Waals surface area (Å²) >= 11 is 1.73. The Balaban J connectivity index is 2.28. The molecular formula is C12H23N3O2S. The maximum Gasteiger partial charge on any atom is 0.242 e. The van der Waals surface area contributed by atoms with Crippen LogP contribution in [0.15, 0.2) is 4.99 Å². The Morgan fingerprint density at radius 2 is 2.28 bits per heavy atom. The molecule has 104 valence electrons. The molecular weight excluding hydrogens is 250 g/mol. The average Bonchev–Trinajstić information content (AvgIpc) is 2.77. The van der Waals surface area contributed by atoms with Gasteiger partial charge >= 0.3 is 0 Å². The van der Waals surface area contributed by atoms with Crippen LogP contribution in [-0.4, -0.2) is 49.2 Å². The molecule has 0 aromatic carbocycles. The van der Waals surface area contributed by atoms with Gasteiger partial charge in [-0.3, -0.25) is 9.79 Å². The van der Waals surface area contributed by atoms with E-state index in [9.17, 15) is 4.79 Å². The number of carbonyl (C=O) groups excluding carboxylic acids is 1. The Kier molecular flexibility index (Phi) is 6.49. The molecule has 0 aromatic heterocycles. The molecule has 1 aliphatic rings. The van der Waals surface area contributed by atoms with Crippen molar-refractivity contribution in [2.75, 3.05) is 26.8 Å². The molecule has 0 radical (unpaired) electrons. The number of hydrogen-bond donors (Lipinski definition) is 2. The van der Waals surface area contributed by atoms with E-state index in [1.165, 1.54) is 0 Å². The number of ether oxygens (including phenoxy) is 1. The van der Waals surface area contributed by atoms with Gasteiger partial charge in [0.1, 0.15) is 6.04 Å². The summed E-state index contributed by atoms with van der Waals surface area (Å²) in [6.45, 7) is 8.13. The van der Waals surface area contributed by atoms with Gasteiger partial charge in [-0.15, -0.1) is 0 Å². The van der Waals surface area contributed by atoms with E-state index < -0.39 is 0 Å². The molecule has 2 unspecified atom stereocenters. The maximum atomic E-state index is 11.7. The Morgan fingerprint density at radius 3 is 2.83 bits per heavy atom. The summed E-state index contributed by atoms with van der Waals surface area (Å²) in [6.07, 6.45) is 0. The number of rotatable bonds is 6. The second-order valence-electron chi connectivity index (χ2n) is 4.70. The first-order valence-electron chi connectivity index (χ1n) is 6.29. The molecule has 2 N–H and O–H groups in total. The summed E-state index contributed by atoms with van der Waals surface area (Å²) in [5, 5.41) is 7.35. The van der Waals surface area contributed by atoms with Gasteiger partial charge in [0, 0.05) is 18.9 Å². The number of amides is 1. The number of thioether (sulfide) groups is 1. The smallest absolute Gasteiger partial charge is 0.242 e. The first-order valence-corrected chi connectivity index (χ1v) is 7.16. The van der Waals surface area contributed by atoms with E-state index in [1.807, 2.05) is 6.92 Å². The highest BCUT2D eigenvalue weighted by molar-refractivity contribution is 8.14. The lowest BCUT2D eigenvalue weighted by atomic mass is 10.1. The highest BCUT2D eigenvalue weighted by Gasteiger charge is 2.24. The lowest BCUT2D eigenvalue weighted by Gasteiger charge is -2.16. The third-order valence-electron chi connectivity index (χ3n) is 2.76. The molecule has 1 amide bonds. The molecule has 0 aliphatic carbocycles. The van der Waals surface area contributed by atoms with Gasteiger partial charge < -0.3 is 15.4 Å². The zero-order valence-electron chi connectivity index (χ0n) is 11.5. The first-order chi connectivity index (χ1) is 8.54. The Morgan fingerprint density at radius 1 is 1.56 bits per heavy atom. The Hall–Kier alpha value is -0.750. The number of nitrogens with zero attached hydrogens (tertiary/aromatic N) is 1. The van der Waals surface area contributed by atoms with E-state index >= 15 is 0 Å². The minimum Gasteiger partial charge on any atom is -0.383 e. The predicted octanol–water partition coefficient (Wildman–Crippen LogP) is 0.854. The summed E-state index contributed by atoms with van der Waals surface area (Å²) in [5.74, 6) is 0.576. The summed E-state index contributed by atoms with van der Waals surface area (Å²) in [6, 6.07) is -0.265. The largest absolute Gasteiger partial charge is 0.383 e. The lowest BCUT2D eigenvalue weighted by molar-refractivity contribution is -0.122. The maximum absolute atomic E-state index is 11.7. The third kappa shape index (κ3) is 4.86. The van der Waals surface area contributed by atoms with Gasteiger partial charge in [-0.1, -0.05) is 25.6 Å². The van der Waals surface area contributed by atoms with Gasteiger partial charge in [0.05, 0.1) is 13.2 Å². The fourth-order valence-corrected chi connectivity index (χ4v) is 2.60. The standard InChI is InChI=1S/C12H23N3O2S/c1-8(2)10-7-14-12(18-10)15-9(3)11(16)13-5-6-17-4/h8-10H,5-7H2,1-4H3,(H,13,16)(H,14,15). The number of aliphatic imine (C=N–C) groups is 1. The van der Waals surface area contributed by atoms with Crippen LogP contribution in [0.4, 0.5) is 0 Å². The van der Waals surface area contributed by atoms with Crippen molar-refractivity contribution in [3.63, 3.8) is 0 Å². The van der Waals surface area contributed by atoms with Gasteiger partial charge in [-0.2, -0.15) is 0 Å². The second kappa shape index (κ2) is 7.63. The van der Waals surface area contributed by atoms with Crippen LogP contribution in [0.2, 0.25) is 0 Å². The highest BCUT2D eigenvalue weighted by atomic mass is 32.2. The number of nitrogens with one attached hydrogen (secondary N) is 2. The normalized spacial score (nSPS) is 20.7. The van der Waals surface area contributed by atoms with Gasteiger partial charge in [-0.05, 0) is 12.8 Å². The van der Waals surface area contributed by atoms with E-state index in [0.29, 0.717) is 24.3 Å². The van der Waals surface area contributed by atoms with Crippen molar-refractivity contribution in [1.29, 1.82) is 0 Å². The molecule has 1 aliphatic heterocycles. The Bertz CT molecular complexity index is 308. The molecule has 0 saturated heterocycles. The second-order valence-corrected chi connectivity index (χ2v) is 5.92. The number of carbonyl (C=O) groups is 1. The van der Waals surface area contributed by atoms with Crippen LogP contribution >= 0.6 is 11.8 Å². The van der Waals surface area contributed by atoms with E-state index in [2.05, 4.69) is 29.5 Å². The highest BCUT2D eigenvalue weighted by Crippen LogP contribution is 2.25. The molecule has 2 atom stereocenters. The zero-order chi connectivity index (χ0) is 13.5. The first kappa shape index (κ1) is 15.3. The van der Waals surface area contributed by atoms with Crippen LogP contribution < -0.4 is 10.6 Å². The van der Waals surface area contributed by atoms with Crippen LogP contribution in [-0.2, 0) is 9.53 Å². The third-order valence-corrected chi connectivity index (χ3v) is 4.23. The monoisotopic (exact) mass is 273 g/mol. The number of amidine groups is 1. The minimum atomic E-state index is -0.265. The van der Waals surface area contributed by atoms with Crippen molar-refractivity contribution in [2.45, 2.75) is 32.1 Å². The summed E-state index contributed by atoms with van der Waals surface area (Å²) in [7, 11) is 1.61. The van der Waals surface area contributed by atoms with Crippen molar-refractivity contribution in [3.8, 4) is 0 Å². The van der Waals surface area contributed by atoms with E-state index in [-0.39, 0.29) is 11.9 Å². The quantitative estimate of drug-likeness (QED) is 0.705. The predicted molar refractivity (Wildman–Crippen MR) is 76.0 cm³/mol. The molecule has 6 heteroatoms. The molecule has 1 rings (SSSR count). The van der Waals surface area contributed by atoms with Crippen LogP contribution in [0, 0.1) is 5.92 Å². The molecule has 1 heterocycles. The summed E-state index contributed by atoms with van der Waals surface area (Å²) in [4.78, 5) is 16.1. The zero-order valence-corrected chi connectivity index (χ0v) is 12.3. The fourth-order valence-electron chi connectivity index (χ4n) is 1.50. The molecule has 18 heavy (non-hydrogen) atoms. The van der Waals surface area contributed by atoms with Crippen LogP contribution in [0.3, 0.4) is 0 Å². The molecule has 0 fully saturated rings. The van der Waals surface area contributed by atoms with Crippen LogP contribution in [0.25, 0.3) is 0 Å². The van der Waals surface area contributed by atoms with Gasteiger partial charge in [-0.25, -0.2) is 0 Å². The van der Waals surface area contributed by atoms with Crippen molar-refractivity contribution >= 4 is 22.8 Å². The van der Waals surface area contributed by atoms with E-state index in [4.69, 9.17) is 4.74 Å². The van der Waals surface area contributed by atoms with E-state index in [1.54, 1.807) is 18.9 Å². The SMILES string of the molecule is COCCNC(=O)C(C)NC1=NCC(C(C)C)S1. The topological polar surface area (TPSA) is 62.7 Å². The van der Waals surface area contributed by atoms with Crippen molar-refractivity contribution in [1.82, 2.24) is 10.6 Å². The minimum absolute atomic E-state index is 0.0247. The number of hydrogen-bond acceptors (Lipinski definition) is 5. The molecule has 0 spiro atoms. The molecule has 5 nitrogen and oxygen atoms in total. The van der Waals surface area contributed by atoms with Gasteiger partial charge in [0.2, 0.25) is 5.91 Å². The van der Waals surface area contributed by atoms with E-state index in [0.717, 1.165) is 11.7 Å². The molecule has 0 saturated carbocycles. The molecule has 0 bridgehead atoms. The lowest BCUT2D eigenvalue weighted by Crippen LogP contribution is -2.44. The molecule has 0 aromatic rings. The van der Waals surface area contributed by atoms with Crippen LogP contribution in [0.1, 0.15) is 20.8 Å². The van der Waals surface area contributed by atoms with Crippen LogP contribution in [0.5, 0.6) is 0 Å². The van der Waals surface area contributed by atoms with Crippen molar-refractivity contribution in [2.24, 2.45) is 10.9 Å². The fraction of sp³-hybridized carbons (Fsp3) is 0.833. The Labute approximate surface area is 113 Å².